The average molecular weight is 317 g/mol. The summed E-state index contributed by atoms with van der Waals surface area (Å²) < 4.78 is 16.5. The van der Waals surface area contributed by atoms with E-state index in [9.17, 15) is 4.79 Å². The van der Waals surface area contributed by atoms with Crippen molar-refractivity contribution in [3.63, 3.8) is 0 Å². The number of hydrogen-bond acceptors (Lipinski definition) is 6. The molecule has 1 aliphatic rings. The number of esters is 1. The van der Waals surface area contributed by atoms with E-state index in [1.54, 1.807) is 19.1 Å². The van der Waals surface area contributed by atoms with Gasteiger partial charge in [-0.2, -0.15) is 0 Å². The summed E-state index contributed by atoms with van der Waals surface area (Å²) in [4.78, 5) is 11.8. The van der Waals surface area contributed by atoms with Gasteiger partial charge in [0.1, 0.15) is 11.5 Å². The van der Waals surface area contributed by atoms with E-state index in [1.807, 2.05) is 12.1 Å². The van der Waals surface area contributed by atoms with Gasteiger partial charge in [0.05, 0.1) is 12.7 Å². The van der Waals surface area contributed by atoms with E-state index in [-0.39, 0.29) is 24.3 Å². The summed E-state index contributed by atoms with van der Waals surface area (Å²) in [5.41, 5.74) is 0.0916. The molecular weight excluding hydrogens is 298 g/mol. The van der Waals surface area contributed by atoms with Crippen LogP contribution in [0.5, 0.6) is 17.4 Å². The lowest BCUT2D eigenvalue weighted by Gasteiger charge is -2.13. The molecule has 1 saturated carbocycles. The Hall–Kier alpha value is -2.57. The van der Waals surface area contributed by atoms with E-state index in [0.717, 1.165) is 18.6 Å². The summed E-state index contributed by atoms with van der Waals surface area (Å²) in [6, 6.07) is 7.27. The molecule has 3 rings (SSSR count). The van der Waals surface area contributed by atoms with Gasteiger partial charge in [-0.3, -0.25) is 0 Å². The number of rotatable bonds is 6. The molecule has 1 aromatic heterocycles. The second-order valence-corrected chi connectivity index (χ2v) is 5.31. The molecule has 0 radical (unpaired) electrons. The molecule has 23 heavy (non-hydrogen) atoms. The molecule has 2 aromatic rings. The van der Waals surface area contributed by atoms with Crippen LogP contribution in [0.4, 0.5) is 0 Å². The monoisotopic (exact) mass is 317 g/mol. The number of aromatic nitrogens is 3. The number of nitrogens with zero attached hydrogens (tertiary/aromatic N) is 2. The molecule has 1 N–H and O–H groups in total. The van der Waals surface area contributed by atoms with Crippen molar-refractivity contribution in [2.75, 3.05) is 6.61 Å². The van der Waals surface area contributed by atoms with Crippen molar-refractivity contribution >= 4 is 5.97 Å². The average Bonchev–Trinajstić information content (AvgIpc) is 3.20. The first kappa shape index (κ1) is 15.3. The standard InChI is InChI=1S/C16H19N3O4/c1-2-21-16(20)14-15(18-19-17-14)23-13-9-5-8-12(10-13)22-11-6-3-4-7-11/h5,8-11H,2-4,6-7H2,1H3,(H,17,18,19). The van der Waals surface area contributed by atoms with Crippen LogP contribution in [-0.2, 0) is 4.74 Å². The predicted molar refractivity (Wildman–Crippen MR) is 81.7 cm³/mol. The van der Waals surface area contributed by atoms with Crippen molar-refractivity contribution in [2.45, 2.75) is 38.7 Å². The smallest absolute Gasteiger partial charge is 0.362 e. The Balaban J connectivity index is 1.70. The van der Waals surface area contributed by atoms with E-state index < -0.39 is 5.97 Å². The first-order valence-corrected chi connectivity index (χ1v) is 7.79. The molecule has 0 atom stereocenters. The minimum absolute atomic E-state index is 0.0847. The molecule has 0 aliphatic heterocycles. The maximum absolute atomic E-state index is 11.8. The highest BCUT2D eigenvalue weighted by Gasteiger charge is 2.20. The fourth-order valence-electron chi connectivity index (χ4n) is 2.55. The van der Waals surface area contributed by atoms with Crippen LogP contribution in [0.1, 0.15) is 43.1 Å². The molecule has 0 amide bonds. The number of aromatic amines is 1. The van der Waals surface area contributed by atoms with Crippen LogP contribution in [0.2, 0.25) is 0 Å². The van der Waals surface area contributed by atoms with Crippen LogP contribution in [0.3, 0.4) is 0 Å². The Morgan fingerprint density at radius 2 is 2.09 bits per heavy atom. The number of carbonyl (C=O) groups excluding carboxylic acids is 1. The summed E-state index contributed by atoms with van der Waals surface area (Å²) in [7, 11) is 0. The van der Waals surface area contributed by atoms with Gasteiger partial charge in [0, 0.05) is 6.07 Å². The van der Waals surface area contributed by atoms with Crippen molar-refractivity contribution in [3.05, 3.63) is 30.0 Å². The molecule has 1 fully saturated rings. The first-order chi connectivity index (χ1) is 11.3. The third-order valence-electron chi connectivity index (χ3n) is 3.62. The van der Waals surface area contributed by atoms with E-state index >= 15 is 0 Å². The van der Waals surface area contributed by atoms with Gasteiger partial charge in [-0.05, 0) is 44.7 Å². The quantitative estimate of drug-likeness (QED) is 0.824. The third kappa shape index (κ3) is 3.80. The summed E-state index contributed by atoms with van der Waals surface area (Å²) in [5.74, 6) is 0.808. The summed E-state index contributed by atoms with van der Waals surface area (Å²) >= 11 is 0. The van der Waals surface area contributed by atoms with E-state index in [2.05, 4.69) is 15.4 Å². The van der Waals surface area contributed by atoms with Gasteiger partial charge in [0.25, 0.3) is 5.88 Å². The van der Waals surface area contributed by atoms with Gasteiger partial charge < -0.3 is 14.2 Å². The Bertz CT molecular complexity index is 665. The summed E-state index contributed by atoms with van der Waals surface area (Å²) in [6.07, 6.45) is 4.86. The fraction of sp³-hybridized carbons (Fsp3) is 0.438. The molecule has 7 heteroatoms. The highest BCUT2D eigenvalue weighted by atomic mass is 16.5. The molecule has 0 saturated heterocycles. The minimum Gasteiger partial charge on any atom is -0.490 e. The van der Waals surface area contributed by atoms with Crippen molar-refractivity contribution in [3.8, 4) is 17.4 Å². The van der Waals surface area contributed by atoms with Gasteiger partial charge in [-0.1, -0.05) is 16.4 Å². The van der Waals surface area contributed by atoms with Gasteiger partial charge in [0.15, 0.2) is 0 Å². The summed E-state index contributed by atoms with van der Waals surface area (Å²) in [6.45, 7) is 1.99. The lowest BCUT2D eigenvalue weighted by atomic mass is 10.3. The minimum atomic E-state index is -0.550. The van der Waals surface area contributed by atoms with Crippen LogP contribution in [-0.4, -0.2) is 34.1 Å². The Labute approximate surface area is 133 Å². The molecule has 0 spiro atoms. The van der Waals surface area contributed by atoms with E-state index in [4.69, 9.17) is 14.2 Å². The lowest BCUT2D eigenvalue weighted by Crippen LogP contribution is -2.10. The van der Waals surface area contributed by atoms with Crippen molar-refractivity contribution in [2.24, 2.45) is 0 Å². The van der Waals surface area contributed by atoms with Crippen LogP contribution < -0.4 is 9.47 Å². The maximum atomic E-state index is 11.8. The fourth-order valence-corrected chi connectivity index (χ4v) is 2.55. The lowest BCUT2D eigenvalue weighted by molar-refractivity contribution is 0.0516. The molecule has 0 bridgehead atoms. The molecule has 1 aliphatic carbocycles. The van der Waals surface area contributed by atoms with Crippen molar-refractivity contribution < 1.29 is 19.0 Å². The van der Waals surface area contributed by atoms with E-state index in [1.165, 1.54) is 12.8 Å². The molecular formula is C16H19N3O4. The van der Waals surface area contributed by atoms with Gasteiger partial charge in [0.2, 0.25) is 5.69 Å². The Kier molecular flexibility index (Phi) is 4.75. The van der Waals surface area contributed by atoms with Crippen LogP contribution in [0, 0.1) is 0 Å². The number of benzene rings is 1. The van der Waals surface area contributed by atoms with Gasteiger partial charge in [-0.25, -0.2) is 9.89 Å². The first-order valence-electron chi connectivity index (χ1n) is 7.79. The molecule has 1 aromatic carbocycles. The van der Waals surface area contributed by atoms with Gasteiger partial charge >= 0.3 is 5.97 Å². The Morgan fingerprint density at radius 1 is 1.30 bits per heavy atom. The van der Waals surface area contributed by atoms with Crippen LogP contribution in [0.25, 0.3) is 0 Å². The summed E-state index contributed by atoms with van der Waals surface area (Å²) in [5, 5.41) is 9.87. The predicted octanol–water partition coefficient (Wildman–Crippen LogP) is 3.10. The van der Waals surface area contributed by atoms with Gasteiger partial charge in [-0.15, -0.1) is 0 Å². The van der Waals surface area contributed by atoms with E-state index in [0.29, 0.717) is 5.75 Å². The normalized spacial score (nSPS) is 14.7. The number of H-pyrrole nitrogens is 1. The van der Waals surface area contributed by atoms with Crippen LogP contribution >= 0.6 is 0 Å². The number of nitrogens with one attached hydrogen (secondary N) is 1. The van der Waals surface area contributed by atoms with Crippen LogP contribution in [0.15, 0.2) is 24.3 Å². The Morgan fingerprint density at radius 3 is 2.87 bits per heavy atom. The zero-order valence-corrected chi connectivity index (χ0v) is 12.9. The zero-order chi connectivity index (χ0) is 16.1. The zero-order valence-electron chi connectivity index (χ0n) is 12.9. The third-order valence-corrected chi connectivity index (χ3v) is 3.62. The number of hydrogen-bond donors (Lipinski definition) is 1. The SMILES string of the molecule is CCOC(=O)c1[nH]nnc1Oc1cccc(OC2CCCC2)c1. The highest BCUT2D eigenvalue weighted by Crippen LogP contribution is 2.29. The van der Waals surface area contributed by atoms with Crippen molar-refractivity contribution in [1.82, 2.24) is 15.4 Å². The maximum Gasteiger partial charge on any atom is 0.362 e. The molecule has 1 heterocycles. The largest absolute Gasteiger partial charge is 0.490 e. The topological polar surface area (TPSA) is 86.3 Å². The molecule has 7 nitrogen and oxygen atoms in total. The highest BCUT2D eigenvalue weighted by molar-refractivity contribution is 5.89. The molecule has 0 unspecified atom stereocenters. The number of ether oxygens (including phenoxy) is 3. The molecule has 122 valence electrons. The number of carbonyl (C=O) groups is 1. The second kappa shape index (κ2) is 7.13. The second-order valence-electron chi connectivity index (χ2n) is 5.31. The van der Waals surface area contributed by atoms with Crippen molar-refractivity contribution in [1.29, 1.82) is 0 Å².